The van der Waals surface area contributed by atoms with Gasteiger partial charge < -0.3 is 16.0 Å². The van der Waals surface area contributed by atoms with Gasteiger partial charge in [-0.2, -0.15) is 23.4 Å². The van der Waals surface area contributed by atoms with Crippen molar-refractivity contribution in [3.05, 3.63) is 30.2 Å². The van der Waals surface area contributed by atoms with Crippen LogP contribution in [-0.2, 0) is 6.54 Å². The molecular weight excluding hydrogens is 459 g/mol. The number of aryl methyl sites for hydroxylation is 1. The molecule has 0 radical (unpaired) electrons. The van der Waals surface area contributed by atoms with Gasteiger partial charge in [0.2, 0.25) is 5.95 Å². The number of fused-ring (bicyclic) bond motifs is 2. The zero-order chi connectivity index (χ0) is 25.4. The van der Waals surface area contributed by atoms with Gasteiger partial charge in [0.15, 0.2) is 11.5 Å². The lowest BCUT2D eigenvalue weighted by Crippen LogP contribution is -2.18. The molecule has 5 rings (SSSR count). The molecule has 4 aromatic heterocycles. The molecule has 0 aliphatic heterocycles. The smallest absolute Gasteiger partial charge is 0.382 e. The van der Waals surface area contributed by atoms with Crippen LogP contribution in [0.2, 0.25) is 0 Å². The van der Waals surface area contributed by atoms with Crippen molar-refractivity contribution in [3.8, 4) is 17.3 Å². The van der Waals surface area contributed by atoms with E-state index in [-0.39, 0.29) is 28.7 Å². The molecule has 0 spiro atoms. The first-order valence-corrected chi connectivity index (χ1v) is 11.2. The normalized spacial score (nSPS) is 15.5. The van der Waals surface area contributed by atoms with E-state index in [0.717, 1.165) is 17.4 Å². The van der Waals surface area contributed by atoms with E-state index in [0.29, 0.717) is 22.3 Å². The van der Waals surface area contributed by atoms with Gasteiger partial charge in [0.25, 0.3) is 0 Å². The van der Waals surface area contributed by atoms with Crippen molar-refractivity contribution in [3.63, 3.8) is 0 Å². The number of hydrogen-bond acceptors (Lipinski definition) is 7. The Kier molecular flexibility index (Phi) is 6.27. The summed E-state index contributed by atoms with van der Waals surface area (Å²) in [6, 6.07) is 7.36. The number of rotatable bonds is 2. The van der Waals surface area contributed by atoms with Crippen molar-refractivity contribution in [1.82, 2.24) is 29.1 Å². The Morgan fingerprint density at radius 1 is 1.09 bits per heavy atom. The van der Waals surface area contributed by atoms with Crippen molar-refractivity contribution in [1.29, 1.82) is 5.26 Å². The fourth-order valence-electron chi connectivity index (χ4n) is 4.35. The monoisotopic (exact) mass is 485 g/mol. The number of alkyl halides is 3. The average molecular weight is 486 g/mol. The molecular formula is C23H26F3N9. The van der Waals surface area contributed by atoms with Crippen LogP contribution >= 0.6 is 0 Å². The molecule has 4 N–H and O–H groups in total. The number of imidazole rings is 1. The molecule has 0 unspecified atom stereocenters. The highest BCUT2D eigenvalue weighted by Crippen LogP contribution is 2.34. The van der Waals surface area contributed by atoms with E-state index >= 15 is 0 Å². The van der Waals surface area contributed by atoms with Gasteiger partial charge in [0.1, 0.15) is 23.4 Å². The van der Waals surface area contributed by atoms with E-state index in [4.69, 9.17) is 16.7 Å². The Balaban J connectivity index is 0.000000271. The van der Waals surface area contributed by atoms with Crippen molar-refractivity contribution in [2.75, 3.05) is 11.5 Å². The van der Waals surface area contributed by atoms with E-state index in [2.05, 4.69) is 33.0 Å². The van der Waals surface area contributed by atoms with Crippen LogP contribution in [0.25, 0.3) is 27.9 Å². The molecule has 184 valence electrons. The van der Waals surface area contributed by atoms with Gasteiger partial charge in [0, 0.05) is 11.8 Å². The molecule has 1 saturated carbocycles. The summed E-state index contributed by atoms with van der Waals surface area (Å²) in [5.74, 6) is 0.401. The van der Waals surface area contributed by atoms with E-state index in [1.54, 1.807) is 24.4 Å². The van der Waals surface area contributed by atoms with Gasteiger partial charge >= 0.3 is 6.18 Å². The summed E-state index contributed by atoms with van der Waals surface area (Å²) in [5.41, 5.74) is 13.5. The fraction of sp³-hybridized carbons (Fsp3) is 0.435. The van der Waals surface area contributed by atoms with Gasteiger partial charge in [-0.1, -0.05) is 19.3 Å². The molecule has 4 heterocycles. The minimum atomic E-state index is -4.38. The number of aromatic nitrogens is 6. The Morgan fingerprint density at radius 2 is 1.80 bits per heavy atom. The number of nitrogens with zero attached hydrogens (tertiary/aromatic N) is 7. The standard InChI is InChI=1S/C15H13F3N8.C8H13N/c1-7-21-10-3-2-9(22-13(10)25(7)6-15(16,17)18)8-4-5-26-11(8)12(19)23-14(20)24-26;1-8(7-9)5-3-2-4-6-8/h2-5H,6H2,1H3,(H4,19,20,23,24);2-6H2,1H3. The van der Waals surface area contributed by atoms with Crippen LogP contribution in [0.15, 0.2) is 24.4 Å². The van der Waals surface area contributed by atoms with Crippen LogP contribution in [0.5, 0.6) is 0 Å². The van der Waals surface area contributed by atoms with Crippen molar-refractivity contribution < 1.29 is 13.2 Å². The molecule has 1 aliphatic rings. The minimum absolute atomic E-state index is 0.0134. The largest absolute Gasteiger partial charge is 0.406 e. The van der Waals surface area contributed by atoms with E-state index in [1.807, 2.05) is 0 Å². The van der Waals surface area contributed by atoms with Crippen LogP contribution in [0.4, 0.5) is 24.9 Å². The van der Waals surface area contributed by atoms with E-state index in [1.165, 1.54) is 30.7 Å². The topological polar surface area (TPSA) is 137 Å². The highest BCUT2D eigenvalue weighted by molar-refractivity contribution is 5.88. The van der Waals surface area contributed by atoms with Gasteiger partial charge in [0.05, 0.1) is 17.2 Å². The molecule has 0 bridgehead atoms. The first kappa shape index (κ1) is 24.3. The first-order chi connectivity index (χ1) is 16.5. The average Bonchev–Trinajstić information content (AvgIpc) is 3.34. The maximum atomic E-state index is 12.9. The maximum absolute atomic E-state index is 12.9. The molecule has 9 nitrogen and oxygen atoms in total. The van der Waals surface area contributed by atoms with Crippen LogP contribution < -0.4 is 11.5 Å². The van der Waals surface area contributed by atoms with Crippen LogP contribution in [0.1, 0.15) is 44.9 Å². The maximum Gasteiger partial charge on any atom is 0.406 e. The molecule has 4 aromatic rings. The molecule has 0 amide bonds. The zero-order valence-electron chi connectivity index (χ0n) is 19.5. The number of anilines is 2. The van der Waals surface area contributed by atoms with Crippen molar-refractivity contribution in [2.45, 2.75) is 58.7 Å². The van der Waals surface area contributed by atoms with E-state index in [9.17, 15) is 13.2 Å². The van der Waals surface area contributed by atoms with Crippen LogP contribution in [0.3, 0.4) is 0 Å². The molecule has 0 aromatic carbocycles. The lowest BCUT2D eigenvalue weighted by Gasteiger charge is -2.25. The summed E-state index contributed by atoms with van der Waals surface area (Å²) >= 11 is 0. The van der Waals surface area contributed by atoms with Crippen molar-refractivity contribution in [2.24, 2.45) is 5.41 Å². The third-order valence-corrected chi connectivity index (χ3v) is 6.18. The van der Waals surface area contributed by atoms with Gasteiger partial charge in [-0.15, -0.1) is 5.10 Å². The lowest BCUT2D eigenvalue weighted by atomic mass is 9.77. The Labute approximate surface area is 199 Å². The predicted octanol–water partition coefficient (Wildman–Crippen LogP) is 4.66. The van der Waals surface area contributed by atoms with Gasteiger partial charge in [-0.05, 0) is 44.9 Å². The summed E-state index contributed by atoms with van der Waals surface area (Å²) in [6.45, 7) is 2.42. The number of hydrogen-bond donors (Lipinski definition) is 2. The molecule has 0 atom stereocenters. The zero-order valence-corrected chi connectivity index (χ0v) is 19.5. The molecule has 1 fully saturated rings. The van der Waals surface area contributed by atoms with Gasteiger partial charge in [-0.25, -0.2) is 14.5 Å². The number of nitrogens with two attached hydrogens (primary N) is 2. The minimum Gasteiger partial charge on any atom is -0.382 e. The summed E-state index contributed by atoms with van der Waals surface area (Å²) in [6.07, 6.45) is 3.32. The highest BCUT2D eigenvalue weighted by Gasteiger charge is 2.30. The quantitative estimate of drug-likeness (QED) is 0.421. The lowest BCUT2D eigenvalue weighted by molar-refractivity contribution is -0.140. The second-order valence-corrected chi connectivity index (χ2v) is 9.01. The van der Waals surface area contributed by atoms with E-state index < -0.39 is 12.7 Å². The second kappa shape index (κ2) is 9.05. The Bertz CT molecular complexity index is 1410. The number of pyridine rings is 1. The summed E-state index contributed by atoms with van der Waals surface area (Å²) in [4.78, 5) is 12.4. The fourth-order valence-corrected chi connectivity index (χ4v) is 4.35. The third kappa shape index (κ3) is 5.13. The Hall–Kier alpha value is -3.88. The first-order valence-electron chi connectivity index (χ1n) is 11.2. The highest BCUT2D eigenvalue weighted by atomic mass is 19.4. The molecule has 1 aliphatic carbocycles. The summed E-state index contributed by atoms with van der Waals surface area (Å²) in [5, 5.41) is 12.7. The van der Waals surface area contributed by atoms with Crippen LogP contribution in [-0.4, -0.2) is 35.3 Å². The van der Waals surface area contributed by atoms with Gasteiger partial charge in [-0.3, -0.25) is 0 Å². The molecule has 35 heavy (non-hydrogen) atoms. The second-order valence-electron chi connectivity index (χ2n) is 9.01. The molecule has 0 saturated heterocycles. The predicted molar refractivity (Wildman–Crippen MR) is 126 cm³/mol. The summed E-state index contributed by atoms with van der Waals surface area (Å²) < 4.78 is 41.1. The third-order valence-electron chi connectivity index (χ3n) is 6.18. The number of nitriles is 1. The van der Waals surface area contributed by atoms with Crippen LogP contribution in [0, 0.1) is 23.7 Å². The number of nitrogen functional groups attached to an aromatic ring is 2. The molecule has 12 heteroatoms. The van der Waals surface area contributed by atoms with Crippen molar-refractivity contribution >= 4 is 28.4 Å². The number of halogens is 3. The SMILES string of the molecule is CC1(C#N)CCCCC1.Cc1nc2ccc(-c3ccn4nc(N)nc(N)c34)nc2n1CC(F)(F)F. The summed E-state index contributed by atoms with van der Waals surface area (Å²) in [7, 11) is 0. The Morgan fingerprint density at radius 3 is 2.43 bits per heavy atom.